The highest BCUT2D eigenvalue weighted by Gasteiger charge is 2.14. The lowest BCUT2D eigenvalue weighted by Gasteiger charge is -2.06. The normalized spacial score (nSPS) is 12.2. The van der Waals surface area contributed by atoms with E-state index in [1.165, 1.54) is 11.3 Å². The summed E-state index contributed by atoms with van der Waals surface area (Å²) >= 11 is 13.4. The van der Waals surface area contributed by atoms with Crippen molar-refractivity contribution >= 4 is 40.4 Å². The third kappa shape index (κ3) is 5.18. The van der Waals surface area contributed by atoms with E-state index in [-0.39, 0.29) is 11.9 Å². The molecule has 1 aromatic heterocycles. The fourth-order valence-corrected chi connectivity index (χ4v) is 3.46. The Bertz CT molecular complexity index is 675. The molecule has 23 heavy (non-hydrogen) atoms. The number of halogens is 2. The fourth-order valence-electron chi connectivity index (χ4n) is 2.12. The van der Waals surface area contributed by atoms with Crippen LogP contribution in [0.4, 0.5) is 0 Å². The number of carbonyl (C=O) groups excluding carboxylic acids is 1. The highest BCUT2D eigenvalue weighted by Crippen LogP contribution is 2.22. The molecule has 124 valence electrons. The van der Waals surface area contributed by atoms with Gasteiger partial charge in [0.25, 0.3) is 5.91 Å². The van der Waals surface area contributed by atoms with Crippen molar-refractivity contribution in [2.45, 2.75) is 32.2 Å². The van der Waals surface area contributed by atoms with Gasteiger partial charge in [-0.3, -0.25) is 4.79 Å². The van der Waals surface area contributed by atoms with Gasteiger partial charge in [-0.2, -0.15) is 0 Å². The number of carbonyl (C=O) groups is 1. The smallest absolute Gasteiger partial charge is 0.270 e. The summed E-state index contributed by atoms with van der Waals surface area (Å²) in [5, 5.41) is 6.60. The van der Waals surface area contributed by atoms with Gasteiger partial charge in [-0.05, 0) is 30.5 Å². The Morgan fingerprint density at radius 1 is 1.43 bits per heavy atom. The summed E-state index contributed by atoms with van der Waals surface area (Å²) in [5.74, 6) is -0.193. The monoisotopic (exact) mass is 371 g/mol. The number of hydrogen-bond acceptors (Lipinski definition) is 4. The Kier molecular flexibility index (Phi) is 6.84. The molecule has 1 heterocycles. The third-order valence-corrected chi connectivity index (χ3v) is 4.93. The first kappa shape index (κ1) is 18.2. The van der Waals surface area contributed by atoms with Gasteiger partial charge in [-0.1, -0.05) is 42.6 Å². The Labute approximate surface area is 150 Å². The number of thiazole rings is 1. The standard InChI is InChI=1S/C16H19Cl2N3OS/c1-2-3-13(19)16-21-14(9-23-16)15(22)20-7-6-10-4-5-11(17)8-12(10)18/h4-5,8-9,13H,2-3,6-7,19H2,1H3,(H,20,22). The van der Waals surface area contributed by atoms with Crippen LogP contribution >= 0.6 is 34.5 Å². The molecule has 0 aliphatic heterocycles. The van der Waals surface area contributed by atoms with Gasteiger partial charge in [0.05, 0.1) is 6.04 Å². The summed E-state index contributed by atoms with van der Waals surface area (Å²) < 4.78 is 0. The zero-order chi connectivity index (χ0) is 16.8. The number of nitrogens with two attached hydrogens (primary N) is 1. The van der Waals surface area contributed by atoms with Gasteiger partial charge in [0, 0.05) is 22.0 Å². The van der Waals surface area contributed by atoms with Crippen LogP contribution in [0.1, 0.15) is 46.9 Å². The summed E-state index contributed by atoms with van der Waals surface area (Å²) in [6.07, 6.45) is 2.49. The topological polar surface area (TPSA) is 68.0 Å². The van der Waals surface area contributed by atoms with Crippen molar-refractivity contribution in [3.8, 4) is 0 Å². The van der Waals surface area contributed by atoms with Crippen LogP contribution in [0.3, 0.4) is 0 Å². The second kappa shape index (κ2) is 8.64. The predicted molar refractivity (Wildman–Crippen MR) is 96.4 cm³/mol. The zero-order valence-electron chi connectivity index (χ0n) is 12.8. The largest absolute Gasteiger partial charge is 0.350 e. The number of amides is 1. The Morgan fingerprint density at radius 3 is 2.91 bits per heavy atom. The van der Waals surface area contributed by atoms with E-state index in [0.29, 0.717) is 28.7 Å². The van der Waals surface area contributed by atoms with Crippen molar-refractivity contribution in [1.82, 2.24) is 10.3 Å². The molecule has 7 heteroatoms. The molecule has 1 amide bonds. The van der Waals surface area contributed by atoms with E-state index in [0.717, 1.165) is 23.4 Å². The molecule has 2 rings (SSSR count). The van der Waals surface area contributed by atoms with Crippen LogP contribution < -0.4 is 11.1 Å². The minimum atomic E-state index is -0.193. The molecular weight excluding hydrogens is 353 g/mol. The van der Waals surface area contributed by atoms with E-state index in [1.54, 1.807) is 17.5 Å². The first-order valence-electron chi connectivity index (χ1n) is 7.44. The lowest BCUT2D eigenvalue weighted by molar-refractivity contribution is 0.0949. The lowest BCUT2D eigenvalue weighted by Crippen LogP contribution is -2.26. The number of aromatic nitrogens is 1. The van der Waals surface area contributed by atoms with Gasteiger partial charge >= 0.3 is 0 Å². The molecule has 0 fully saturated rings. The molecule has 0 saturated carbocycles. The van der Waals surface area contributed by atoms with E-state index in [1.807, 2.05) is 6.07 Å². The summed E-state index contributed by atoms with van der Waals surface area (Å²) in [7, 11) is 0. The van der Waals surface area contributed by atoms with Crippen molar-refractivity contribution < 1.29 is 4.79 Å². The second-order valence-corrected chi connectivity index (χ2v) is 6.94. The van der Waals surface area contributed by atoms with Gasteiger partial charge in [0.2, 0.25) is 0 Å². The van der Waals surface area contributed by atoms with Crippen molar-refractivity contribution in [1.29, 1.82) is 0 Å². The minimum Gasteiger partial charge on any atom is -0.350 e. The maximum absolute atomic E-state index is 12.1. The Balaban J connectivity index is 1.87. The molecular formula is C16H19Cl2N3OS. The molecule has 1 aromatic carbocycles. The number of nitrogens with one attached hydrogen (secondary N) is 1. The SMILES string of the molecule is CCCC(N)c1nc(C(=O)NCCc2ccc(Cl)cc2Cl)cs1. The summed E-state index contributed by atoms with van der Waals surface area (Å²) in [6.45, 7) is 2.55. The molecule has 1 unspecified atom stereocenters. The van der Waals surface area contributed by atoms with E-state index < -0.39 is 0 Å². The van der Waals surface area contributed by atoms with Gasteiger partial charge in [-0.25, -0.2) is 4.98 Å². The third-order valence-electron chi connectivity index (χ3n) is 3.37. The van der Waals surface area contributed by atoms with Gasteiger partial charge in [-0.15, -0.1) is 11.3 Å². The van der Waals surface area contributed by atoms with Crippen LogP contribution in [0, 0.1) is 0 Å². The number of hydrogen-bond donors (Lipinski definition) is 2. The number of rotatable bonds is 7. The summed E-state index contributed by atoms with van der Waals surface area (Å²) in [6, 6.07) is 5.25. The predicted octanol–water partition coefficient (Wildman–Crippen LogP) is 4.22. The van der Waals surface area contributed by atoms with Crippen LogP contribution in [-0.4, -0.2) is 17.4 Å². The van der Waals surface area contributed by atoms with Gasteiger partial charge < -0.3 is 11.1 Å². The molecule has 0 spiro atoms. The second-order valence-electron chi connectivity index (χ2n) is 5.21. The molecule has 0 aliphatic carbocycles. The average molecular weight is 372 g/mol. The molecule has 2 aromatic rings. The van der Waals surface area contributed by atoms with Crippen LogP contribution in [0.15, 0.2) is 23.6 Å². The molecule has 0 bridgehead atoms. The molecule has 4 nitrogen and oxygen atoms in total. The minimum absolute atomic E-state index is 0.0978. The van der Waals surface area contributed by atoms with E-state index >= 15 is 0 Å². The zero-order valence-corrected chi connectivity index (χ0v) is 15.1. The molecule has 3 N–H and O–H groups in total. The van der Waals surface area contributed by atoms with Crippen LogP contribution in [0.5, 0.6) is 0 Å². The highest BCUT2D eigenvalue weighted by atomic mass is 35.5. The van der Waals surface area contributed by atoms with Crippen molar-refractivity contribution in [2.24, 2.45) is 5.73 Å². The first-order chi connectivity index (χ1) is 11.0. The van der Waals surface area contributed by atoms with Gasteiger partial charge in [0.1, 0.15) is 10.7 Å². The van der Waals surface area contributed by atoms with Crippen LogP contribution in [0.25, 0.3) is 0 Å². The van der Waals surface area contributed by atoms with Crippen LogP contribution in [-0.2, 0) is 6.42 Å². The Morgan fingerprint density at radius 2 is 2.22 bits per heavy atom. The fraction of sp³-hybridized carbons (Fsp3) is 0.375. The van der Waals surface area contributed by atoms with Crippen molar-refractivity contribution in [3.63, 3.8) is 0 Å². The van der Waals surface area contributed by atoms with Crippen molar-refractivity contribution in [2.75, 3.05) is 6.54 Å². The summed E-state index contributed by atoms with van der Waals surface area (Å²) in [4.78, 5) is 16.4. The first-order valence-corrected chi connectivity index (χ1v) is 9.08. The number of benzene rings is 1. The average Bonchev–Trinajstić information content (AvgIpc) is 2.99. The Hall–Kier alpha value is -1.14. The van der Waals surface area contributed by atoms with E-state index in [9.17, 15) is 4.79 Å². The summed E-state index contributed by atoms with van der Waals surface area (Å²) in [5.41, 5.74) is 7.37. The highest BCUT2D eigenvalue weighted by molar-refractivity contribution is 7.09. The van der Waals surface area contributed by atoms with E-state index in [4.69, 9.17) is 28.9 Å². The maximum Gasteiger partial charge on any atom is 0.270 e. The molecule has 0 radical (unpaired) electrons. The number of nitrogens with zero attached hydrogens (tertiary/aromatic N) is 1. The van der Waals surface area contributed by atoms with E-state index in [2.05, 4.69) is 17.2 Å². The molecule has 0 saturated heterocycles. The van der Waals surface area contributed by atoms with Gasteiger partial charge in [0.15, 0.2) is 0 Å². The molecule has 1 atom stereocenters. The van der Waals surface area contributed by atoms with Crippen LogP contribution in [0.2, 0.25) is 10.0 Å². The molecule has 0 aliphatic rings. The maximum atomic E-state index is 12.1. The van der Waals surface area contributed by atoms with Crippen molar-refractivity contribution in [3.05, 3.63) is 49.9 Å². The quantitative estimate of drug-likeness (QED) is 0.765. The lowest BCUT2D eigenvalue weighted by atomic mass is 10.1.